The zero-order valence-corrected chi connectivity index (χ0v) is 10.9. The number of rotatable bonds is 7. The number of hydrogen-bond donors (Lipinski definition) is 1. The molecule has 0 aliphatic rings. The molecular weight excluding hydrogens is 208 g/mol. The first kappa shape index (κ1) is 15.3. The Morgan fingerprint density at radius 1 is 1.50 bits per heavy atom. The van der Waals surface area contributed by atoms with Crippen LogP contribution >= 0.6 is 0 Å². The molecule has 2 atom stereocenters. The minimum Gasteiger partial charge on any atom is -0.468 e. The van der Waals surface area contributed by atoms with Gasteiger partial charge >= 0.3 is 5.97 Å². The normalized spacial score (nSPS) is 16.9. The molecule has 2 N–H and O–H groups in total. The summed E-state index contributed by atoms with van der Waals surface area (Å²) in [5, 5.41) is 0. The van der Waals surface area contributed by atoms with Gasteiger partial charge in [0.25, 0.3) is 0 Å². The summed E-state index contributed by atoms with van der Waals surface area (Å²) in [5.41, 5.74) is 4.94. The van der Waals surface area contributed by atoms with Crippen molar-refractivity contribution in [1.82, 2.24) is 4.90 Å². The van der Waals surface area contributed by atoms with Crippen LogP contribution in [-0.2, 0) is 14.3 Å². The van der Waals surface area contributed by atoms with Gasteiger partial charge in [0.05, 0.1) is 13.7 Å². The van der Waals surface area contributed by atoms with Crippen molar-refractivity contribution in [2.75, 3.05) is 33.9 Å². The summed E-state index contributed by atoms with van der Waals surface area (Å²) in [4.78, 5) is 13.6. The van der Waals surface area contributed by atoms with E-state index in [9.17, 15) is 4.79 Å². The molecule has 0 saturated heterocycles. The van der Waals surface area contributed by atoms with Gasteiger partial charge in [-0.2, -0.15) is 0 Å². The van der Waals surface area contributed by atoms with Crippen LogP contribution in [0.2, 0.25) is 0 Å². The van der Waals surface area contributed by atoms with E-state index >= 15 is 0 Å². The average Bonchev–Trinajstić information content (AvgIpc) is 2.24. The lowest BCUT2D eigenvalue weighted by molar-refractivity contribution is -0.147. The molecule has 0 aromatic carbocycles. The Balaban J connectivity index is 4.46. The van der Waals surface area contributed by atoms with E-state index in [0.29, 0.717) is 13.2 Å². The predicted octanol–water partition coefficient (Wildman–Crippen LogP) is 0.234. The van der Waals surface area contributed by atoms with Crippen LogP contribution in [0.4, 0.5) is 0 Å². The summed E-state index contributed by atoms with van der Waals surface area (Å²) < 4.78 is 9.77. The van der Waals surface area contributed by atoms with Crippen molar-refractivity contribution >= 4 is 5.97 Å². The number of carbonyl (C=O) groups excluding carboxylic acids is 1. The van der Waals surface area contributed by atoms with Gasteiger partial charge in [0.15, 0.2) is 0 Å². The molecule has 0 heterocycles. The van der Waals surface area contributed by atoms with Gasteiger partial charge in [-0.25, -0.2) is 0 Å². The molecule has 0 amide bonds. The van der Waals surface area contributed by atoms with Crippen molar-refractivity contribution in [3.63, 3.8) is 0 Å². The summed E-state index contributed by atoms with van der Waals surface area (Å²) in [6, 6.07) is 0.225. The maximum absolute atomic E-state index is 11.5. The highest BCUT2D eigenvalue weighted by Crippen LogP contribution is 2.09. The van der Waals surface area contributed by atoms with Gasteiger partial charge in [0.1, 0.15) is 5.54 Å². The van der Waals surface area contributed by atoms with Crippen LogP contribution in [0.25, 0.3) is 0 Å². The van der Waals surface area contributed by atoms with E-state index in [1.165, 1.54) is 7.11 Å². The van der Waals surface area contributed by atoms with Crippen LogP contribution in [0.3, 0.4) is 0 Å². The number of likely N-dealkylation sites (N-methyl/N-ethyl adjacent to an activating group) is 1. The van der Waals surface area contributed by atoms with Crippen LogP contribution in [0.5, 0.6) is 0 Å². The van der Waals surface area contributed by atoms with E-state index in [-0.39, 0.29) is 6.04 Å². The third-order valence-electron chi connectivity index (χ3n) is 2.62. The van der Waals surface area contributed by atoms with E-state index in [1.807, 2.05) is 13.8 Å². The predicted molar refractivity (Wildman–Crippen MR) is 63.2 cm³/mol. The van der Waals surface area contributed by atoms with E-state index in [4.69, 9.17) is 10.5 Å². The summed E-state index contributed by atoms with van der Waals surface area (Å²) in [6.07, 6.45) is 0. The number of carbonyl (C=O) groups is 1. The maximum Gasteiger partial charge on any atom is 0.326 e. The highest BCUT2D eigenvalue weighted by Gasteiger charge is 2.32. The maximum atomic E-state index is 11.5. The zero-order chi connectivity index (χ0) is 12.8. The molecule has 2 unspecified atom stereocenters. The summed E-state index contributed by atoms with van der Waals surface area (Å²) in [6.45, 7) is 7.64. The van der Waals surface area contributed by atoms with Crippen molar-refractivity contribution < 1.29 is 14.3 Å². The summed E-state index contributed by atoms with van der Waals surface area (Å²) in [5.74, 6) is -0.393. The monoisotopic (exact) mass is 232 g/mol. The number of methoxy groups -OCH3 is 2. The van der Waals surface area contributed by atoms with Crippen LogP contribution in [-0.4, -0.2) is 56.4 Å². The SMILES string of the molecule is CCN(CC(C)(N)C(=O)OC)C(C)COC. The minimum absolute atomic E-state index is 0.225. The second-order valence-electron chi connectivity index (χ2n) is 4.28. The fraction of sp³-hybridized carbons (Fsp3) is 0.909. The third kappa shape index (κ3) is 4.47. The van der Waals surface area contributed by atoms with Crippen molar-refractivity contribution in [3.05, 3.63) is 0 Å². The molecule has 0 saturated carbocycles. The Morgan fingerprint density at radius 2 is 2.06 bits per heavy atom. The smallest absolute Gasteiger partial charge is 0.326 e. The van der Waals surface area contributed by atoms with Crippen molar-refractivity contribution in [2.24, 2.45) is 5.73 Å². The Hall–Kier alpha value is -0.650. The van der Waals surface area contributed by atoms with E-state index in [0.717, 1.165) is 6.54 Å². The van der Waals surface area contributed by atoms with Crippen molar-refractivity contribution in [3.8, 4) is 0 Å². The summed E-state index contributed by atoms with van der Waals surface area (Å²) >= 11 is 0. The Morgan fingerprint density at radius 3 is 2.44 bits per heavy atom. The molecule has 5 nitrogen and oxygen atoms in total. The molecule has 0 aliphatic carbocycles. The molecule has 0 rings (SSSR count). The number of hydrogen-bond acceptors (Lipinski definition) is 5. The highest BCUT2D eigenvalue weighted by atomic mass is 16.5. The van der Waals surface area contributed by atoms with Crippen molar-refractivity contribution in [1.29, 1.82) is 0 Å². The van der Waals surface area contributed by atoms with Gasteiger partial charge in [-0.15, -0.1) is 0 Å². The van der Waals surface area contributed by atoms with Gasteiger partial charge in [-0.1, -0.05) is 6.92 Å². The molecule has 0 aliphatic heterocycles. The van der Waals surface area contributed by atoms with Crippen LogP contribution < -0.4 is 5.73 Å². The number of nitrogens with zero attached hydrogens (tertiary/aromatic N) is 1. The largest absolute Gasteiger partial charge is 0.468 e. The Bertz CT molecular complexity index is 219. The lowest BCUT2D eigenvalue weighted by Crippen LogP contribution is -2.56. The number of esters is 1. The molecular formula is C11H24N2O3. The number of nitrogens with two attached hydrogens (primary N) is 1. The topological polar surface area (TPSA) is 64.8 Å². The van der Waals surface area contributed by atoms with E-state index in [1.54, 1.807) is 14.0 Å². The van der Waals surface area contributed by atoms with Crippen molar-refractivity contribution in [2.45, 2.75) is 32.4 Å². The molecule has 0 fully saturated rings. The zero-order valence-electron chi connectivity index (χ0n) is 10.9. The van der Waals surface area contributed by atoms with Crippen LogP contribution in [0.1, 0.15) is 20.8 Å². The average molecular weight is 232 g/mol. The quantitative estimate of drug-likeness (QED) is 0.637. The molecule has 16 heavy (non-hydrogen) atoms. The Kier molecular flexibility index (Phi) is 6.55. The second-order valence-corrected chi connectivity index (χ2v) is 4.28. The van der Waals surface area contributed by atoms with Gasteiger partial charge in [-0.05, 0) is 20.4 Å². The molecule has 0 bridgehead atoms. The van der Waals surface area contributed by atoms with Gasteiger partial charge in [0.2, 0.25) is 0 Å². The second kappa shape index (κ2) is 6.83. The molecule has 0 radical (unpaired) electrons. The summed E-state index contributed by atoms with van der Waals surface area (Å²) in [7, 11) is 3.01. The first-order valence-electron chi connectivity index (χ1n) is 5.49. The van der Waals surface area contributed by atoms with Gasteiger partial charge in [-0.3, -0.25) is 9.69 Å². The Labute approximate surface area is 97.9 Å². The lowest BCUT2D eigenvalue weighted by Gasteiger charge is -2.33. The minimum atomic E-state index is -0.979. The molecule has 5 heteroatoms. The van der Waals surface area contributed by atoms with E-state index in [2.05, 4.69) is 9.64 Å². The lowest BCUT2D eigenvalue weighted by atomic mass is 10.0. The third-order valence-corrected chi connectivity index (χ3v) is 2.62. The van der Waals surface area contributed by atoms with E-state index < -0.39 is 11.5 Å². The highest BCUT2D eigenvalue weighted by molar-refractivity contribution is 5.80. The van der Waals surface area contributed by atoms with Gasteiger partial charge in [0, 0.05) is 19.7 Å². The number of ether oxygens (including phenoxy) is 2. The van der Waals surface area contributed by atoms with Crippen LogP contribution in [0, 0.1) is 0 Å². The van der Waals surface area contributed by atoms with Gasteiger partial charge < -0.3 is 15.2 Å². The first-order valence-corrected chi connectivity index (χ1v) is 5.49. The molecule has 0 spiro atoms. The standard InChI is InChI=1S/C11H24N2O3/c1-6-13(9(2)7-15-4)8-11(3,12)10(14)16-5/h9H,6-8,12H2,1-5H3. The van der Waals surface area contributed by atoms with Crippen LogP contribution in [0.15, 0.2) is 0 Å². The molecule has 0 aromatic heterocycles. The fourth-order valence-electron chi connectivity index (χ4n) is 1.65. The molecule has 0 aromatic rings. The fourth-order valence-corrected chi connectivity index (χ4v) is 1.65. The first-order chi connectivity index (χ1) is 7.38. The molecule has 96 valence electrons.